The van der Waals surface area contributed by atoms with Gasteiger partial charge in [-0.25, -0.2) is 13.9 Å². The monoisotopic (exact) mass is 355 g/mol. The Morgan fingerprint density at radius 2 is 2.16 bits per heavy atom. The summed E-state index contributed by atoms with van der Waals surface area (Å²) in [4.78, 5) is 22.3. The van der Waals surface area contributed by atoms with Crippen LogP contribution in [-0.2, 0) is 0 Å². The highest BCUT2D eigenvalue weighted by Gasteiger charge is 2.18. The largest absolute Gasteiger partial charge is 0.344 e. The van der Waals surface area contributed by atoms with Crippen LogP contribution in [0.5, 0.6) is 0 Å². The molecule has 1 N–H and O–H groups in total. The number of aryl methyl sites for hydroxylation is 1. The second-order valence-electron chi connectivity index (χ2n) is 5.80. The third-order valence-electron chi connectivity index (χ3n) is 3.94. The van der Waals surface area contributed by atoms with Crippen molar-refractivity contribution >= 4 is 33.1 Å². The highest BCUT2D eigenvalue weighted by molar-refractivity contribution is 7.14. The van der Waals surface area contributed by atoms with Crippen LogP contribution < -0.4 is 5.32 Å². The van der Waals surface area contributed by atoms with E-state index in [0.717, 1.165) is 10.7 Å². The molecule has 0 radical (unpaired) electrons. The molecule has 25 heavy (non-hydrogen) atoms. The number of aromatic nitrogens is 4. The highest BCUT2D eigenvalue weighted by Crippen LogP contribution is 2.21. The molecule has 0 saturated heterocycles. The van der Waals surface area contributed by atoms with Crippen molar-refractivity contribution in [1.29, 1.82) is 0 Å². The fourth-order valence-electron chi connectivity index (χ4n) is 2.73. The first-order chi connectivity index (χ1) is 12.0. The van der Waals surface area contributed by atoms with E-state index in [-0.39, 0.29) is 17.8 Å². The zero-order valence-electron chi connectivity index (χ0n) is 13.5. The van der Waals surface area contributed by atoms with Crippen molar-refractivity contribution in [3.63, 3.8) is 0 Å². The lowest BCUT2D eigenvalue weighted by Gasteiger charge is -2.13. The van der Waals surface area contributed by atoms with E-state index in [1.807, 2.05) is 6.92 Å². The highest BCUT2D eigenvalue weighted by atomic mass is 32.1. The van der Waals surface area contributed by atoms with Gasteiger partial charge in [0.15, 0.2) is 0 Å². The summed E-state index contributed by atoms with van der Waals surface area (Å²) in [7, 11) is 0. The summed E-state index contributed by atoms with van der Waals surface area (Å²) in [5.41, 5.74) is 4.02. The van der Waals surface area contributed by atoms with Gasteiger partial charge in [0.25, 0.3) is 5.91 Å². The van der Waals surface area contributed by atoms with E-state index in [1.54, 1.807) is 35.3 Å². The van der Waals surface area contributed by atoms with Gasteiger partial charge in [-0.05, 0) is 32.0 Å². The number of hydrogen-bond acceptors (Lipinski definition) is 5. The molecule has 0 fully saturated rings. The lowest BCUT2D eigenvalue weighted by atomic mass is 10.1. The third-order valence-corrected chi connectivity index (χ3v) is 4.63. The molecule has 3 aromatic heterocycles. The average Bonchev–Trinajstić information content (AvgIpc) is 3.15. The summed E-state index contributed by atoms with van der Waals surface area (Å²) in [6.07, 6.45) is 1.79. The number of hydrogen-bond donors (Lipinski definition) is 1. The van der Waals surface area contributed by atoms with Crippen LogP contribution in [0, 0.1) is 12.7 Å². The van der Waals surface area contributed by atoms with E-state index in [1.165, 1.54) is 23.5 Å². The Morgan fingerprint density at radius 3 is 2.96 bits per heavy atom. The van der Waals surface area contributed by atoms with E-state index in [4.69, 9.17) is 0 Å². The predicted octanol–water partition coefficient (Wildman–Crippen LogP) is 3.28. The molecule has 0 aliphatic carbocycles. The smallest absolute Gasteiger partial charge is 0.252 e. The number of imidazole rings is 1. The summed E-state index contributed by atoms with van der Waals surface area (Å²) in [6, 6.07) is 5.65. The number of fused-ring (bicyclic) bond motifs is 2. The van der Waals surface area contributed by atoms with Crippen LogP contribution in [0.2, 0.25) is 0 Å². The maximum absolute atomic E-state index is 13.4. The minimum Gasteiger partial charge on any atom is -0.344 e. The molecule has 0 bridgehead atoms. The first kappa shape index (κ1) is 15.6. The summed E-state index contributed by atoms with van der Waals surface area (Å²) >= 11 is 1.43. The van der Waals surface area contributed by atoms with Crippen LogP contribution in [0.4, 0.5) is 4.39 Å². The second kappa shape index (κ2) is 5.89. The topological polar surface area (TPSA) is 72.2 Å². The number of amides is 1. The first-order valence-electron chi connectivity index (χ1n) is 7.68. The average molecular weight is 355 g/mol. The second-order valence-corrected chi connectivity index (χ2v) is 6.61. The molecule has 6 nitrogen and oxygen atoms in total. The Kier molecular flexibility index (Phi) is 3.69. The third kappa shape index (κ3) is 2.85. The molecule has 0 spiro atoms. The van der Waals surface area contributed by atoms with Crippen LogP contribution in [0.3, 0.4) is 0 Å². The molecule has 1 unspecified atom stereocenters. The standard InChI is InChI=1S/C17H14FN5OS/c1-9-5-13(12-4-3-11(18)6-14(12)20-9)16(24)21-10(2)15-7-23-17(22-15)25-8-19-23/h3-8,10H,1-2H3,(H,21,24). The molecule has 0 saturated carbocycles. The fraction of sp³-hybridized carbons (Fsp3) is 0.176. The van der Waals surface area contributed by atoms with Crippen LogP contribution >= 0.6 is 11.3 Å². The molecule has 126 valence electrons. The number of nitrogens with zero attached hydrogens (tertiary/aromatic N) is 4. The van der Waals surface area contributed by atoms with Gasteiger partial charge in [0.1, 0.15) is 11.3 Å². The van der Waals surface area contributed by atoms with Crippen molar-refractivity contribution in [2.45, 2.75) is 19.9 Å². The number of carbonyl (C=O) groups is 1. The van der Waals surface area contributed by atoms with Gasteiger partial charge in [0.05, 0.1) is 29.0 Å². The van der Waals surface area contributed by atoms with Gasteiger partial charge in [0.2, 0.25) is 4.96 Å². The Balaban J connectivity index is 1.66. The molecule has 3 heterocycles. The SMILES string of the molecule is Cc1cc(C(=O)NC(C)c2cn3ncsc3n2)c2ccc(F)cc2n1. The number of carbonyl (C=O) groups excluding carboxylic acids is 1. The number of pyridine rings is 1. The maximum Gasteiger partial charge on any atom is 0.252 e. The van der Waals surface area contributed by atoms with E-state index in [2.05, 4.69) is 20.4 Å². The van der Waals surface area contributed by atoms with Gasteiger partial charge in [-0.2, -0.15) is 5.10 Å². The zero-order chi connectivity index (χ0) is 17.6. The van der Waals surface area contributed by atoms with E-state index in [9.17, 15) is 9.18 Å². The van der Waals surface area contributed by atoms with Crippen molar-refractivity contribution in [3.05, 3.63) is 58.7 Å². The molecule has 0 aliphatic heterocycles. The van der Waals surface area contributed by atoms with Gasteiger partial charge in [-0.1, -0.05) is 11.3 Å². The fourth-order valence-corrected chi connectivity index (χ4v) is 3.34. The minimum absolute atomic E-state index is 0.251. The van der Waals surface area contributed by atoms with Crippen molar-refractivity contribution in [3.8, 4) is 0 Å². The molecule has 8 heteroatoms. The summed E-state index contributed by atoms with van der Waals surface area (Å²) in [5.74, 6) is -0.630. The maximum atomic E-state index is 13.4. The number of benzene rings is 1. The van der Waals surface area contributed by atoms with Gasteiger partial charge in [-0.3, -0.25) is 9.78 Å². The zero-order valence-corrected chi connectivity index (χ0v) is 14.3. The summed E-state index contributed by atoms with van der Waals surface area (Å²) in [5, 5.41) is 7.69. The molecular weight excluding hydrogens is 341 g/mol. The summed E-state index contributed by atoms with van der Waals surface area (Å²) < 4.78 is 15.1. The quantitative estimate of drug-likeness (QED) is 0.612. The van der Waals surface area contributed by atoms with Crippen LogP contribution in [0.1, 0.15) is 34.7 Å². The molecule has 1 atom stereocenters. The molecular formula is C17H14FN5OS. The van der Waals surface area contributed by atoms with E-state index < -0.39 is 0 Å². The van der Waals surface area contributed by atoms with Crippen molar-refractivity contribution < 1.29 is 9.18 Å². The van der Waals surface area contributed by atoms with Crippen LogP contribution in [0.25, 0.3) is 15.9 Å². The van der Waals surface area contributed by atoms with Gasteiger partial charge < -0.3 is 5.32 Å². The lowest BCUT2D eigenvalue weighted by Crippen LogP contribution is -2.27. The normalized spacial score (nSPS) is 12.6. The van der Waals surface area contributed by atoms with Gasteiger partial charge in [-0.15, -0.1) is 0 Å². The van der Waals surface area contributed by atoms with Crippen LogP contribution in [-0.4, -0.2) is 25.5 Å². The Hall–Kier alpha value is -2.87. The van der Waals surface area contributed by atoms with Crippen LogP contribution in [0.15, 0.2) is 36.0 Å². The Labute approximate surface area is 146 Å². The van der Waals surface area contributed by atoms with Crippen molar-refractivity contribution in [2.24, 2.45) is 0 Å². The van der Waals surface area contributed by atoms with Crippen molar-refractivity contribution in [1.82, 2.24) is 24.9 Å². The number of halogens is 1. The number of rotatable bonds is 3. The molecule has 0 aliphatic rings. The molecule has 4 aromatic rings. The Bertz CT molecular complexity index is 1070. The minimum atomic E-state index is -0.379. The van der Waals surface area contributed by atoms with Crippen molar-refractivity contribution in [2.75, 3.05) is 0 Å². The predicted molar refractivity (Wildman–Crippen MR) is 93.2 cm³/mol. The summed E-state index contributed by atoms with van der Waals surface area (Å²) in [6.45, 7) is 3.64. The van der Waals surface area contributed by atoms with E-state index in [0.29, 0.717) is 22.2 Å². The molecule has 1 aromatic carbocycles. The van der Waals surface area contributed by atoms with E-state index >= 15 is 0 Å². The van der Waals surface area contributed by atoms with Gasteiger partial charge >= 0.3 is 0 Å². The van der Waals surface area contributed by atoms with Gasteiger partial charge in [0, 0.05) is 17.1 Å². The molecule has 1 amide bonds. The number of nitrogens with one attached hydrogen (secondary N) is 1. The Morgan fingerprint density at radius 1 is 1.32 bits per heavy atom. The first-order valence-corrected chi connectivity index (χ1v) is 8.56. The molecule has 4 rings (SSSR count). The lowest BCUT2D eigenvalue weighted by molar-refractivity contribution is 0.0940.